The SMILES string of the molecule is COC(=O)CN1C(=O)N(CC(C)C)C2(CCN(C(=O)c3ccccc3)CC2)C1=O.O=CO. The van der Waals surface area contributed by atoms with Gasteiger partial charge < -0.3 is 19.6 Å². The van der Waals surface area contributed by atoms with Crippen LogP contribution < -0.4 is 0 Å². The second-order valence-electron chi connectivity index (χ2n) is 8.05. The van der Waals surface area contributed by atoms with Crippen molar-refractivity contribution < 1.29 is 33.8 Å². The summed E-state index contributed by atoms with van der Waals surface area (Å²) in [6, 6.07) is 8.54. The zero-order valence-electron chi connectivity index (χ0n) is 18.5. The highest BCUT2D eigenvalue weighted by Crippen LogP contribution is 2.38. The standard InChI is InChI=1S/C21H27N3O5.CH2O2/c1-15(2)13-24-20(28)23(14-17(25)29-3)19(27)21(24)9-11-22(12-10-21)18(26)16-7-5-4-6-8-16;2-1-3/h4-8,15H,9-14H2,1-3H3;1H,(H,2,3). The molecule has 2 fully saturated rings. The first-order valence-electron chi connectivity index (χ1n) is 10.3. The Bertz CT molecular complexity index is 848. The summed E-state index contributed by atoms with van der Waals surface area (Å²) in [6.07, 6.45) is 0.696. The zero-order valence-corrected chi connectivity index (χ0v) is 18.5. The first-order valence-corrected chi connectivity index (χ1v) is 10.3. The fourth-order valence-electron chi connectivity index (χ4n) is 4.06. The van der Waals surface area contributed by atoms with Gasteiger partial charge in [-0.1, -0.05) is 32.0 Å². The van der Waals surface area contributed by atoms with Gasteiger partial charge in [0.2, 0.25) is 0 Å². The number of esters is 1. The highest BCUT2D eigenvalue weighted by molar-refractivity contribution is 6.09. The maximum Gasteiger partial charge on any atom is 0.328 e. The van der Waals surface area contributed by atoms with Gasteiger partial charge in [0.05, 0.1) is 7.11 Å². The summed E-state index contributed by atoms with van der Waals surface area (Å²) < 4.78 is 4.64. The molecule has 1 aromatic rings. The van der Waals surface area contributed by atoms with Crippen molar-refractivity contribution in [3.8, 4) is 0 Å². The van der Waals surface area contributed by atoms with E-state index < -0.39 is 24.1 Å². The van der Waals surface area contributed by atoms with Gasteiger partial charge in [0, 0.05) is 25.2 Å². The molecular weight excluding hydrogens is 418 g/mol. The summed E-state index contributed by atoms with van der Waals surface area (Å²) in [5, 5.41) is 6.89. The molecule has 1 N–H and O–H groups in total. The third kappa shape index (κ3) is 5.06. The molecule has 0 atom stereocenters. The molecule has 0 unspecified atom stereocenters. The Labute approximate surface area is 186 Å². The number of benzene rings is 1. The van der Waals surface area contributed by atoms with E-state index in [0.29, 0.717) is 38.0 Å². The first-order chi connectivity index (χ1) is 15.2. The van der Waals surface area contributed by atoms with Crippen LogP contribution >= 0.6 is 0 Å². The molecule has 2 aliphatic heterocycles. The number of nitrogens with zero attached hydrogens (tertiary/aromatic N) is 3. The van der Waals surface area contributed by atoms with Gasteiger partial charge in [-0.05, 0) is 30.9 Å². The van der Waals surface area contributed by atoms with Crippen molar-refractivity contribution in [2.75, 3.05) is 33.3 Å². The molecule has 0 radical (unpaired) electrons. The van der Waals surface area contributed by atoms with E-state index in [-0.39, 0.29) is 24.2 Å². The van der Waals surface area contributed by atoms with Crippen molar-refractivity contribution in [2.24, 2.45) is 5.92 Å². The summed E-state index contributed by atoms with van der Waals surface area (Å²) in [5.74, 6) is -0.935. The van der Waals surface area contributed by atoms with Crippen LogP contribution in [0.15, 0.2) is 30.3 Å². The van der Waals surface area contributed by atoms with Gasteiger partial charge in [-0.15, -0.1) is 0 Å². The predicted octanol–water partition coefficient (Wildman–Crippen LogP) is 1.46. The molecule has 2 heterocycles. The Balaban J connectivity index is 0.00000114. The molecule has 32 heavy (non-hydrogen) atoms. The predicted molar refractivity (Wildman–Crippen MR) is 114 cm³/mol. The monoisotopic (exact) mass is 447 g/mol. The quantitative estimate of drug-likeness (QED) is 0.411. The summed E-state index contributed by atoms with van der Waals surface area (Å²) >= 11 is 0. The molecule has 174 valence electrons. The lowest BCUT2D eigenvalue weighted by Crippen LogP contribution is -2.58. The topological polar surface area (TPSA) is 125 Å². The normalized spacial score (nSPS) is 17.3. The second kappa shape index (κ2) is 10.7. The van der Waals surface area contributed by atoms with Crippen LogP contribution in [-0.4, -0.2) is 88.9 Å². The number of carbonyl (C=O) groups excluding carboxylic acids is 4. The molecule has 0 bridgehead atoms. The Morgan fingerprint density at radius 3 is 2.22 bits per heavy atom. The van der Waals surface area contributed by atoms with Crippen LogP contribution in [0.2, 0.25) is 0 Å². The van der Waals surface area contributed by atoms with Crippen LogP contribution in [0.4, 0.5) is 4.79 Å². The van der Waals surface area contributed by atoms with E-state index in [9.17, 15) is 19.2 Å². The minimum Gasteiger partial charge on any atom is -0.483 e. The molecule has 1 spiro atoms. The van der Waals surface area contributed by atoms with Gasteiger partial charge in [-0.25, -0.2) is 4.79 Å². The lowest BCUT2D eigenvalue weighted by molar-refractivity contribution is -0.146. The molecule has 2 saturated heterocycles. The fourth-order valence-corrected chi connectivity index (χ4v) is 4.06. The highest BCUT2D eigenvalue weighted by atomic mass is 16.5. The maximum atomic E-state index is 13.2. The maximum absolute atomic E-state index is 13.2. The van der Waals surface area contributed by atoms with Crippen molar-refractivity contribution in [1.82, 2.24) is 14.7 Å². The number of piperidine rings is 1. The van der Waals surface area contributed by atoms with E-state index in [1.807, 2.05) is 32.0 Å². The first kappa shape index (κ1) is 24.8. The average molecular weight is 447 g/mol. The van der Waals surface area contributed by atoms with Crippen molar-refractivity contribution in [3.05, 3.63) is 35.9 Å². The number of urea groups is 1. The van der Waals surface area contributed by atoms with Gasteiger partial charge in [0.1, 0.15) is 12.1 Å². The number of carbonyl (C=O) groups is 5. The van der Waals surface area contributed by atoms with Gasteiger partial charge >= 0.3 is 12.0 Å². The Morgan fingerprint density at radius 1 is 1.16 bits per heavy atom. The van der Waals surface area contributed by atoms with Gasteiger partial charge in [0.15, 0.2) is 0 Å². The number of carboxylic acid groups (broad SMARTS) is 1. The Morgan fingerprint density at radius 2 is 1.72 bits per heavy atom. The minimum absolute atomic E-state index is 0.0842. The molecule has 0 aromatic heterocycles. The number of imide groups is 1. The van der Waals surface area contributed by atoms with Gasteiger partial charge in [-0.2, -0.15) is 0 Å². The van der Waals surface area contributed by atoms with E-state index in [1.165, 1.54) is 7.11 Å². The Kier molecular flexibility index (Phi) is 8.34. The van der Waals surface area contributed by atoms with Crippen LogP contribution in [0.3, 0.4) is 0 Å². The third-order valence-electron chi connectivity index (χ3n) is 5.58. The highest BCUT2D eigenvalue weighted by Gasteiger charge is 2.58. The molecule has 10 heteroatoms. The van der Waals surface area contributed by atoms with Gasteiger partial charge in [0.25, 0.3) is 18.3 Å². The second-order valence-corrected chi connectivity index (χ2v) is 8.05. The number of methoxy groups -OCH3 is 1. The average Bonchev–Trinajstić information content (AvgIpc) is 2.96. The summed E-state index contributed by atoms with van der Waals surface area (Å²) in [7, 11) is 1.22. The largest absolute Gasteiger partial charge is 0.483 e. The molecule has 10 nitrogen and oxygen atoms in total. The van der Waals surface area contributed by atoms with E-state index in [2.05, 4.69) is 4.74 Å². The van der Waals surface area contributed by atoms with E-state index in [0.717, 1.165) is 4.90 Å². The molecule has 0 aliphatic carbocycles. The third-order valence-corrected chi connectivity index (χ3v) is 5.58. The van der Waals surface area contributed by atoms with Crippen LogP contribution in [0.25, 0.3) is 0 Å². The number of rotatable bonds is 5. The number of hydrogen-bond donors (Lipinski definition) is 1. The van der Waals surface area contributed by atoms with Crippen molar-refractivity contribution >= 4 is 30.3 Å². The number of likely N-dealkylation sites (tertiary alicyclic amines) is 1. The van der Waals surface area contributed by atoms with E-state index in [4.69, 9.17) is 9.90 Å². The van der Waals surface area contributed by atoms with Crippen LogP contribution in [0.1, 0.15) is 37.0 Å². The van der Waals surface area contributed by atoms with Crippen molar-refractivity contribution in [3.63, 3.8) is 0 Å². The van der Waals surface area contributed by atoms with Crippen LogP contribution in [-0.2, 0) is 19.1 Å². The van der Waals surface area contributed by atoms with E-state index >= 15 is 0 Å². The number of amides is 4. The number of ether oxygens (including phenoxy) is 1. The van der Waals surface area contributed by atoms with Gasteiger partial charge in [-0.3, -0.25) is 24.1 Å². The molecule has 1 aromatic carbocycles. The Hall–Kier alpha value is -3.43. The minimum atomic E-state index is -1.01. The molecule has 3 rings (SSSR count). The van der Waals surface area contributed by atoms with E-state index in [1.54, 1.807) is 21.9 Å². The lowest BCUT2D eigenvalue weighted by atomic mass is 9.85. The van der Waals surface area contributed by atoms with Crippen LogP contribution in [0.5, 0.6) is 0 Å². The summed E-state index contributed by atoms with van der Waals surface area (Å²) in [4.78, 5) is 63.3. The lowest BCUT2D eigenvalue weighted by Gasteiger charge is -2.42. The molecule has 0 saturated carbocycles. The molecule has 4 amide bonds. The van der Waals surface area contributed by atoms with Crippen molar-refractivity contribution in [2.45, 2.75) is 32.2 Å². The summed E-state index contributed by atoms with van der Waals surface area (Å²) in [5.41, 5.74) is -0.410. The zero-order chi connectivity index (χ0) is 23.9. The summed E-state index contributed by atoms with van der Waals surface area (Å²) in [6.45, 7) is 4.46. The smallest absolute Gasteiger partial charge is 0.328 e. The molecular formula is C22H29N3O7. The molecule has 2 aliphatic rings. The van der Waals surface area contributed by atoms with Crippen LogP contribution in [0, 0.1) is 5.92 Å². The number of hydrogen-bond acceptors (Lipinski definition) is 6. The van der Waals surface area contributed by atoms with Crippen molar-refractivity contribution in [1.29, 1.82) is 0 Å². The fraction of sp³-hybridized carbons (Fsp3) is 0.500.